The van der Waals surface area contributed by atoms with Gasteiger partial charge >= 0.3 is 6.09 Å². The number of benzene rings is 1. The third-order valence-electron chi connectivity index (χ3n) is 5.70. The average Bonchev–Trinajstić information content (AvgIpc) is 2.59. The molecule has 0 aliphatic carbocycles. The van der Waals surface area contributed by atoms with Crippen LogP contribution in [-0.4, -0.2) is 48.3 Å². The quantitative estimate of drug-likeness (QED) is 0.540. The highest BCUT2D eigenvalue weighted by Crippen LogP contribution is 2.42. The molecule has 1 amide bonds. The molecule has 0 saturated carbocycles. The summed E-state index contributed by atoms with van der Waals surface area (Å²) in [5, 5.41) is 20.3. The van der Waals surface area contributed by atoms with Gasteiger partial charge in [-0.3, -0.25) is 4.90 Å². The van der Waals surface area contributed by atoms with Crippen molar-refractivity contribution in [3.63, 3.8) is 0 Å². The van der Waals surface area contributed by atoms with E-state index in [0.29, 0.717) is 16.6 Å². The van der Waals surface area contributed by atoms with Crippen LogP contribution in [0.1, 0.15) is 54.0 Å². The van der Waals surface area contributed by atoms with Gasteiger partial charge in [0.05, 0.1) is 18.8 Å². The molecule has 0 saturated heterocycles. The van der Waals surface area contributed by atoms with Gasteiger partial charge in [-0.05, 0) is 29.1 Å². The van der Waals surface area contributed by atoms with Crippen molar-refractivity contribution in [3.05, 3.63) is 35.9 Å². The van der Waals surface area contributed by atoms with Crippen LogP contribution in [0.25, 0.3) is 0 Å². The molecule has 1 rings (SSSR count). The van der Waals surface area contributed by atoms with Gasteiger partial charge in [0.1, 0.15) is 0 Å². The second-order valence-corrected chi connectivity index (χ2v) is 13.8. The lowest BCUT2D eigenvalue weighted by Gasteiger charge is -2.43. The van der Waals surface area contributed by atoms with Crippen molar-refractivity contribution < 1.29 is 19.4 Å². The average molecular weight is 396 g/mol. The molecule has 0 heterocycles. The molecule has 1 aromatic rings. The minimum atomic E-state index is -2.10. The Morgan fingerprint density at radius 2 is 1.48 bits per heavy atom. The predicted octanol–water partition coefficient (Wildman–Crippen LogP) is 5.11. The molecule has 0 spiro atoms. The van der Waals surface area contributed by atoms with E-state index >= 15 is 0 Å². The Hall–Kier alpha value is -1.37. The van der Waals surface area contributed by atoms with Crippen molar-refractivity contribution >= 4 is 14.4 Å². The fourth-order valence-corrected chi connectivity index (χ4v) is 9.70. The minimum absolute atomic E-state index is 0.167. The minimum Gasteiger partial charge on any atom is -0.465 e. The molecule has 1 aromatic carbocycles. The van der Waals surface area contributed by atoms with Crippen LogP contribution in [0.3, 0.4) is 0 Å². The lowest BCUT2D eigenvalue weighted by Crippen LogP contribution is -2.52. The van der Waals surface area contributed by atoms with Gasteiger partial charge in [0.15, 0.2) is 8.32 Å². The number of aliphatic hydroxyl groups is 1. The summed E-state index contributed by atoms with van der Waals surface area (Å²) in [6, 6.07) is 8.88. The first-order valence-corrected chi connectivity index (χ1v) is 12.0. The maximum absolute atomic E-state index is 11.8. The standard InChI is InChI=1S/C21H37NO4Si/c1-15(2)27(16(3)4,17(5)6)26-14-20(23)18(7)22(21(24)25)13-19-11-9-8-10-12-19/h8-12,15-18,20,23H,13-14H2,1-7H3,(H,24,25)/t18-,20-/m1/s1. The number of carboxylic acid groups (broad SMARTS) is 1. The van der Waals surface area contributed by atoms with E-state index in [0.717, 1.165) is 5.56 Å². The maximum Gasteiger partial charge on any atom is 0.407 e. The summed E-state index contributed by atoms with van der Waals surface area (Å²) in [5.41, 5.74) is 2.15. The van der Waals surface area contributed by atoms with E-state index in [4.69, 9.17) is 4.43 Å². The molecule has 5 nitrogen and oxygen atoms in total. The van der Waals surface area contributed by atoms with E-state index < -0.39 is 26.6 Å². The van der Waals surface area contributed by atoms with Crippen molar-refractivity contribution in [2.24, 2.45) is 0 Å². The highest BCUT2D eigenvalue weighted by Gasteiger charge is 2.45. The summed E-state index contributed by atoms with van der Waals surface area (Å²) >= 11 is 0. The summed E-state index contributed by atoms with van der Waals surface area (Å²) in [6.07, 6.45) is -1.90. The molecule has 0 aromatic heterocycles. The van der Waals surface area contributed by atoms with Crippen molar-refractivity contribution in [1.29, 1.82) is 0 Å². The number of nitrogens with zero attached hydrogens (tertiary/aromatic N) is 1. The normalized spacial score (nSPS) is 14.6. The van der Waals surface area contributed by atoms with Gasteiger partial charge in [-0.15, -0.1) is 0 Å². The van der Waals surface area contributed by atoms with E-state index in [2.05, 4.69) is 41.5 Å². The van der Waals surface area contributed by atoms with E-state index in [-0.39, 0.29) is 13.2 Å². The molecule has 0 bridgehead atoms. The van der Waals surface area contributed by atoms with Crippen molar-refractivity contribution in [3.8, 4) is 0 Å². The van der Waals surface area contributed by atoms with Crippen molar-refractivity contribution in [2.45, 2.75) is 83.8 Å². The van der Waals surface area contributed by atoms with E-state index in [1.807, 2.05) is 30.3 Å². The van der Waals surface area contributed by atoms with Crippen LogP contribution in [-0.2, 0) is 11.0 Å². The zero-order valence-corrected chi connectivity index (χ0v) is 18.8. The van der Waals surface area contributed by atoms with Gasteiger partial charge in [-0.2, -0.15) is 0 Å². The fourth-order valence-electron chi connectivity index (χ4n) is 4.24. The number of carbonyl (C=O) groups is 1. The van der Waals surface area contributed by atoms with Crippen LogP contribution in [0.4, 0.5) is 4.79 Å². The van der Waals surface area contributed by atoms with Crippen LogP contribution in [0, 0.1) is 0 Å². The van der Waals surface area contributed by atoms with Gasteiger partial charge in [0.25, 0.3) is 0 Å². The number of hydrogen-bond donors (Lipinski definition) is 2. The third kappa shape index (κ3) is 5.80. The second kappa shape index (κ2) is 10.2. The predicted molar refractivity (Wildman–Crippen MR) is 112 cm³/mol. The first kappa shape index (κ1) is 23.7. The molecular formula is C21H37NO4Si. The Morgan fingerprint density at radius 1 is 1.00 bits per heavy atom. The summed E-state index contributed by atoms with van der Waals surface area (Å²) in [7, 11) is -2.10. The van der Waals surface area contributed by atoms with Crippen molar-refractivity contribution in [2.75, 3.05) is 6.61 Å². The second-order valence-electron chi connectivity index (χ2n) is 8.33. The number of amides is 1. The molecule has 0 aliphatic heterocycles. The smallest absolute Gasteiger partial charge is 0.407 e. The number of rotatable bonds is 10. The monoisotopic (exact) mass is 395 g/mol. The fraction of sp³-hybridized carbons (Fsp3) is 0.667. The summed E-state index contributed by atoms with van der Waals surface area (Å²) < 4.78 is 6.45. The summed E-state index contributed by atoms with van der Waals surface area (Å²) in [4.78, 5) is 13.0. The van der Waals surface area contributed by atoms with Crippen LogP contribution in [0.2, 0.25) is 16.6 Å². The van der Waals surface area contributed by atoms with Crippen LogP contribution >= 0.6 is 0 Å². The van der Waals surface area contributed by atoms with Gasteiger partial charge in [-0.1, -0.05) is 71.9 Å². The molecule has 0 fully saturated rings. The van der Waals surface area contributed by atoms with Crippen LogP contribution in [0.15, 0.2) is 30.3 Å². The van der Waals surface area contributed by atoms with Gasteiger partial charge in [0.2, 0.25) is 0 Å². The third-order valence-corrected chi connectivity index (χ3v) is 11.8. The van der Waals surface area contributed by atoms with Crippen LogP contribution in [0.5, 0.6) is 0 Å². The van der Waals surface area contributed by atoms with E-state index in [1.54, 1.807) is 6.92 Å². The number of aliphatic hydroxyl groups excluding tert-OH is 1. The zero-order valence-electron chi connectivity index (χ0n) is 17.8. The molecule has 0 unspecified atom stereocenters. The van der Waals surface area contributed by atoms with Gasteiger partial charge < -0.3 is 14.6 Å². The highest BCUT2D eigenvalue weighted by atomic mass is 28.4. The molecule has 27 heavy (non-hydrogen) atoms. The SMILES string of the molecule is CC(C)[Si](OC[C@@H](O)[C@@H](C)N(Cc1ccccc1)C(=O)O)(C(C)C)C(C)C. The van der Waals surface area contributed by atoms with Gasteiger partial charge in [-0.25, -0.2) is 4.79 Å². The lowest BCUT2D eigenvalue weighted by atomic mass is 10.1. The van der Waals surface area contributed by atoms with Crippen LogP contribution < -0.4 is 0 Å². The van der Waals surface area contributed by atoms with Crippen molar-refractivity contribution in [1.82, 2.24) is 4.90 Å². The Bertz CT molecular complexity index is 555. The molecule has 2 N–H and O–H groups in total. The van der Waals surface area contributed by atoms with E-state index in [1.165, 1.54) is 4.90 Å². The molecule has 6 heteroatoms. The van der Waals surface area contributed by atoms with Gasteiger partial charge in [0, 0.05) is 6.54 Å². The molecule has 0 radical (unpaired) electrons. The Kier molecular flexibility index (Phi) is 8.98. The summed E-state index contributed by atoms with van der Waals surface area (Å²) in [6.45, 7) is 15.3. The molecular weight excluding hydrogens is 358 g/mol. The maximum atomic E-state index is 11.8. The first-order chi connectivity index (χ1) is 12.5. The largest absolute Gasteiger partial charge is 0.465 e. The van der Waals surface area contributed by atoms with E-state index in [9.17, 15) is 15.0 Å². The molecule has 2 atom stereocenters. The number of hydrogen-bond acceptors (Lipinski definition) is 3. The molecule has 154 valence electrons. The lowest BCUT2D eigenvalue weighted by molar-refractivity contribution is 0.0207. The first-order valence-electron chi connectivity index (χ1n) is 9.89. The highest BCUT2D eigenvalue weighted by molar-refractivity contribution is 6.77. The Labute approximate surface area is 165 Å². The Balaban J connectivity index is 2.88. The summed E-state index contributed by atoms with van der Waals surface area (Å²) in [5.74, 6) is 0. The zero-order chi connectivity index (χ0) is 20.8. The molecule has 0 aliphatic rings. The topological polar surface area (TPSA) is 70.0 Å². The Morgan fingerprint density at radius 3 is 1.89 bits per heavy atom.